The van der Waals surface area contributed by atoms with Crippen molar-refractivity contribution in [2.45, 2.75) is 31.5 Å². The van der Waals surface area contributed by atoms with Crippen LogP contribution >= 0.6 is 0 Å². The highest BCUT2D eigenvalue weighted by Gasteiger charge is 2.33. The predicted octanol–water partition coefficient (Wildman–Crippen LogP) is 3.22. The molecular weight excluding hydrogens is 461 g/mol. The summed E-state index contributed by atoms with van der Waals surface area (Å²) in [4.78, 5) is 13.8. The molecule has 1 aliphatic rings. The number of imidazole rings is 1. The van der Waals surface area contributed by atoms with E-state index in [1.165, 1.54) is 4.52 Å². The lowest BCUT2D eigenvalue weighted by Crippen LogP contribution is -2.39. The van der Waals surface area contributed by atoms with E-state index < -0.39 is 18.6 Å². The van der Waals surface area contributed by atoms with Crippen LogP contribution < -0.4 is 11.5 Å². The average Bonchev–Trinajstić information content (AvgIpc) is 3.30. The van der Waals surface area contributed by atoms with E-state index >= 15 is 0 Å². The van der Waals surface area contributed by atoms with E-state index in [4.69, 9.17) is 11.5 Å². The highest BCUT2D eigenvalue weighted by molar-refractivity contribution is 5.88. The van der Waals surface area contributed by atoms with Crippen LogP contribution in [-0.2, 0) is 6.54 Å². The van der Waals surface area contributed by atoms with Gasteiger partial charge in [0.2, 0.25) is 5.95 Å². The van der Waals surface area contributed by atoms with E-state index in [2.05, 4.69) is 20.1 Å². The van der Waals surface area contributed by atoms with Crippen LogP contribution in [0.1, 0.15) is 12.8 Å². The fourth-order valence-corrected chi connectivity index (χ4v) is 3.84. The Kier molecular flexibility index (Phi) is 6.02. The molecule has 9 nitrogen and oxygen atoms in total. The van der Waals surface area contributed by atoms with Crippen molar-refractivity contribution in [2.75, 3.05) is 31.6 Å². The number of piperidine rings is 1. The van der Waals surface area contributed by atoms with Gasteiger partial charge in [0.25, 0.3) is 5.92 Å². The highest BCUT2D eigenvalue weighted by atomic mass is 19.4. The van der Waals surface area contributed by atoms with Gasteiger partial charge in [-0.05, 0) is 38.2 Å². The van der Waals surface area contributed by atoms with Gasteiger partial charge in [-0.25, -0.2) is 23.3 Å². The largest absolute Gasteiger partial charge is 0.406 e. The predicted molar refractivity (Wildman–Crippen MR) is 116 cm³/mol. The van der Waals surface area contributed by atoms with Crippen LogP contribution in [0.3, 0.4) is 0 Å². The van der Waals surface area contributed by atoms with Crippen LogP contribution in [0.2, 0.25) is 0 Å². The molecule has 5 heterocycles. The number of anilines is 2. The first-order valence-corrected chi connectivity index (χ1v) is 10.3. The van der Waals surface area contributed by atoms with Gasteiger partial charge in [0.15, 0.2) is 11.5 Å². The Balaban J connectivity index is 0.000000257. The van der Waals surface area contributed by atoms with Crippen LogP contribution in [0.15, 0.2) is 30.7 Å². The molecule has 0 radical (unpaired) electrons. The van der Waals surface area contributed by atoms with Crippen molar-refractivity contribution in [3.63, 3.8) is 0 Å². The molecule has 4 N–H and O–H groups in total. The topological polar surface area (TPSA) is 116 Å². The van der Waals surface area contributed by atoms with E-state index in [-0.39, 0.29) is 30.4 Å². The first-order chi connectivity index (χ1) is 15.9. The molecule has 1 saturated heterocycles. The van der Waals surface area contributed by atoms with Crippen molar-refractivity contribution in [1.82, 2.24) is 34.0 Å². The molecule has 4 aromatic heterocycles. The quantitative estimate of drug-likeness (QED) is 0.421. The molecular formula is C20H22F5N9. The molecule has 182 valence electrons. The molecule has 0 atom stereocenters. The molecule has 1 aliphatic heterocycles. The van der Waals surface area contributed by atoms with E-state index in [0.717, 1.165) is 17.4 Å². The number of likely N-dealkylation sites (tertiary alicyclic amines) is 1. The van der Waals surface area contributed by atoms with Crippen molar-refractivity contribution in [3.05, 3.63) is 30.7 Å². The molecule has 0 unspecified atom stereocenters. The molecule has 0 amide bonds. The summed E-state index contributed by atoms with van der Waals surface area (Å²) in [5, 5.41) is 4.01. The molecule has 4 aromatic rings. The molecule has 0 aromatic carbocycles. The third-order valence-electron chi connectivity index (χ3n) is 5.23. The van der Waals surface area contributed by atoms with Crippen molar-refractivity contribution in [3.8, 4) is 11.3 Å². The maximum Gasteiger partial charge on any atom is 0.406 e. The lowest BCUT2D eigenvalue weighted by molar-refractivity contribution is -0.140. The zero-order chi connectivity index (χ0) is 24.7. The van der Waals surface area contributed by atoms with Crippen molar-refractivity contribution in [1.29, 1.82) is 0 Å². The minimum Gasteiger partial charge on any atom is -0.382 e. The molecule has 1 fully saturated rings. The lowest BCUT2D eigenvalue weighted by atomic mass is 10.1. The molecule has 0 saturated carbocycles. The summed E-state index contributed by atoms with van der Waals surface area (Å²) in [7, 11) is 1.73. The molecule has 0 bridgehead atoms. The number of pyridine rings is 1. The summed E-state index contributed by atoms with van der Waals surface area (Å²) in [5.41, 5.74) is 13.4. The average molecular weight is 483 g/mol. The van der Waals surface area contributed by atoms with Gasteiger partial charge in [0, 0.05) is 18.2 Å². The number of hydrogen-bond donors (Lipinski definition) is 2. The number of nitrogens with zero attached hydrogens (tertiary/aromatic N) is 7. The third-order valence-corrected chi connectivity index (χ3v) is 5.23. The van der Waals surface area contributed by atoms with Gasteiger partial charge in [-0.2, -0.15) is 18.2 Å². The monoisotopic (exact) mass is 483 g/mol. The number of nitrogen functional groups attached to an aromatic ring is 2. The van der Waals surface area contributed by atoms with Gasteiger partial charge in [-0.3, -0.25) is 0 Å². The Labute approximate surface area is 190 Å². The van der Waals surface area contributed by atoms with Gasteiger partial charge in [0.05, 0.1) is 18.6 Å². The fourth-order valence-electron chi connectivity index (χ4n) is 3.84. The number of nitrogens with two attached hydrogens (primary N) is 2. The Hall–Kier alpha value is -3.55. The van der Waals surface area contributed by atoms with Crippen LogP contribution in [0.5, 0.6) is 0 Å². The van der Waals surface area contributed by atoms with E-state index in [1.807, 2.05) is 0 Å². The first-order valence-electron chi connectivity index (χ1n) is 10.3. The van der Waals surface area contributed by atoms with Gasteiger partial charge < -0.3 is 20.9 Å². The molecule has 14 heteroatoms. The lowest BCUT2D eigenvalue weighted by Gasteiger charge is -2.28. The van der Waals surface area contributed by atoms with Crippen LogP contribution in [0.4, 0.5) is 33.7 Å². The number of hydrogen-bond acceptors (Lipinski definition) is 7. The zero-order valence-electron chi connectivity index (χ0n) is 18.1. The van der Waals surface area contributed by atoms with E-state index in [0.29, 0.717) is 28.7 Å². The van der Waals surface area contributed by atoms with Gasteiger partial charge in [-0.15, -0.1) is 5.10 Å². The Bertz CT molecular complexity index is 1310. The second-order valence-electron chi connectivity index (χ2n) is 8.10. The van der Waals surface area contributed by atoms with Crippen molar-refractivity contribution >= 4 is 28.4 Å². The summed E-state index contributed by atoms with van der Waals surface area (Å²) in [5.74, 6) is -2.26. The van der Waals surface area contributed by atoms with Gasteiger partial charge in [-0.1, -0.05) is 0 Å². The van der Waals surface area contributed by atoms with E-state index in [1.54, 1.807) is 36.3 Å². The smallest absolute Gasteiger partial charge is 0.382 e. The van der Waals surface area contributed by atoms with Gasteiger partial charge >= 0.3 is 6.18 Å². The minimum atomic E-state index is -4.37. The van der Waals surface area contributed by atoms with Gasteiger partial charge in [0.1, 0.15) is 17.6 Å². The number of halogens is 5. The second-order valence-corrected chi connectivity index (χ2v) is 8.10. The van der Waals surface area contributed by atoms with Crippen molar-refractivity contribution < 1.29 is 22.0 Å². The highest BCUT2D eigenvalue weighted by Crippen LogP contribution is 2.29. The zero-order valence-corrected chi connectivity index (χ0v) is 18.1. The van der Waals surface area contributed by atoms with Crippen LogP contribution in [0.25, 0.3) is 27.9 Å². The first kappa shape index (κ1) is 23.6. The fraction of sp³-hybridized carbons (Fsp3) is 0.400. The molecule has 0 spiro atoms. The minimum absolute atomic E-state index is 0.0128. The second kappa shape index (κ2) is 8.66. The SMILES string of the molecule is CN1CCCC(F)(F)C1.Nc1nc(N)c2c(-c3ccc4ncn(CC(F)(F)F)c4n3)ccn2n1. The summed E-state index contributed by atoms with van der Waals surface area (Å²) >= 11 is 0. The number of alkyl halides is 5. The van der Waals surface area contributed by atoms with Crippen LogP contribution in [-0.4, -0.2) is 66.3 Å². The Morgan fingerprint density at radius 2 is 1.88 bits per heavy atom. The third kappa shape index (κ3) is 5.16. The number of fused-ring (bicyclic) bond motifs is 2. The molecule has 5 rings (SSSR count). The normalized spacial score (nSPS) is 16.5. The number of aromatic nitrogens is 6. The Morgan fingerprint density at radius 3 is 2.53 bits per heavy atom. The van der Waals surface area contributed by atoms with E-state index in [9.17, 15) is 22.0 Å². The maximum absolute atomic E-state index is 12.7. The van der Waals surface area contributed by atoms with Crippen molar-refractivity contribution in [2.24, 2.45) is 0 Å². The maximum atomic E-state index is 12.7. The standard InChI is InChI=1S/C14H11F3N8.C6H11F2N/c15-14(16,17)5-24-6-20-9-2-1-8(21-12(9)24)7-3-4-25-10(7)11(18)22-13(19)23-25;1-9-4-2-3-6(7,8)5-9/h1-4,6H,5H2,(H4,18,19,22,23);2-5H2,1H3. The summed E-state index contributed by atoms with van der Waals surface area (Å²) in [6, 6.07) is 4.94. The Morgan fingerprint density at radius 1 is 1.12 bits per heavy atom. The molecule has 34 heavy (non-hydrogen) atoms. The summed E-state index contributed by atoms with van der Waals surface area (Å²) < 4.78 is 65.3. The summed E-state index contributed by atoms with van der Waals surface area (Å²) in [6.07, 6.45) is -0.937. The summed E-state index contributed by atoms with van der Waals surface area (Å²) in [6.45, 7) is -0.416. The molecule has 0 aliphatic carbocycles. The number of rotatable bonds is 2. The van der Waals surface area contributed by atoms with Crippen LogP contribution in [0, 0.1) is 0 Å².